The van der Waals surface area contributed by atoms with Gasteiger partial charge >= 0.3 is 0 Å². The molecule has 0 fully saturated rings. The Bertz CT molecular complexity index is 515. The first kappa shape index (κ1) is 12.1. The number of fused-ring (bicyclic) bond motifs is 1. The van der Waals surface area contributed by atoms with E-state index in [0.29, 0.717) is 21.6 Å². The van der Waals surface area contributed by atoms with Crippen LogP contribution in [0.5, 0.6) is 0 Å². The summed E-state index contributed by atoms with van der Waals surface area (Å²) < 4.78 is 0. The van der Waals surface area contributed by atoms with E-state index in [4.69, 9.17) is 0 Å². The fourth-order valence-corrected chi connectivity index (χ4v) is 2.81. The van der Waals surface area contributed by atoms with Gasteiger partial charge in [0.25, 0.3) is 0 Å². The molecule has 0 heterocycles. The van der Waals surface area contributed by atoms with E-state index in [-0.39, 0.29) is 11.6 Å². The average molecular weight is 246 g/mol. The van der Waals surface area contributed by atoms with Crippen LogP contribution in [-0.4, -0.2) is 17.3 Å². The minimum absolute atomic E-state index is 0.00356. The van der Waals surface area contributed by atoms with Crippen LogP contribution in [0, 0.1) is 0 Å². The standard InChI is InChI=1S/C14H14O2S/c1-3-8-17-14-9(2)12(15)10-6-4-5-7-11(10)13(14)16/h4-7H,3,8H2,1-2H3. The molecule has 0 bridgehead atoms. The minimum atomic E-state index is -0.0150. The average Bonchev–Trinajstić information content (AvgIpc) is 2.36. The van der Waals surface area contributed by atoms with E-state index in [0.717, 1.165) is 12.2 Å². The zero-order valence-electron chi connectivity index (χ0n) is 9.95. The third-order valence-corrected chi connectivity index (χ3v) is 4.15. The molecular weight excluding hydrogens is 232 g/mol. The minimum Gasteiger partial charge on any atom is -0.289 e. The predicted molar refractivity (Wildman–Crippen MR) is 70.6 cm³/mol. The lowest BCUT2D eigenvalue weighted by Gasteiger charge is -2.18. The molecule has 0 N–H and O–H groups in total. The van der Waals surface area contributed by atoms with Gasteiger partial charge in [-0.1, -0.05) is 31.2 Å². The van der Waals surface area contributed by atoms with Gasteiger partial charge in [-0.05, 0) is 19.1 Å². The van der Waals surface area contributed by atoms with E-state index < -0.39 is 0 Å². The number of ketones is 2. The topological polar surface area (TPSA) is 34.1 Å². The summed E-state index contributed by atoms with van der Waals surface area (Å²) in [5.41, 5.74) is 1.67. The quantitative estimate of drug-likeness (QED) is 0.818. The van der Waals surface area contributed by atoms with E-state index in [2.05, 4.69) is 6.92 Å². The Labute approximate surface area is 105 Å². The number of rotatable bonds is 3. The van der Waals surface area contributed by atoms with Crippen molar-refractivity contribution in [2.24, 2.45) is 0 Å². The van der Waals surface area contributed by atoms with Crippen molar-refractivity contribution < 1.29 is 9.59 Å². The molecule has 17 heavy (non-hydrogen) atoms. The Morgan fingerprint density at radius 1 is 1.06 bits per heavy atom. The zero-order chi connectivity index (χ0) is 12.4. The van der Waals surface area contributed by atoms with Crippen LogP contribution >= 0.6 is 11.8 Å². The Morgan fingerprint density at radius 2 is 1.65 bits per heavy atom. The Hall–Kier alpha value is -1.35. The highest BCUT2D eigenvalue weighted by molar-refractivity contribution is 8.04. The lowest BCUT2D eigenvalue weighted by Crippen LogP contribution is -2.19. The number of carbonyl (C=O) groups excluding carboxylic acids is 2. The molecule has 0 aliphatic heterocycles. The van der Waals surface area contributed by atoms with Gasteiger partial charge in [0, 0.05) is 16.7 Å². The summed E-state index contributed by atoms with van der Waals surface area (Å²) in [4.78, 5) is 25.0. The van der Waals surface area contributed by atoms with Crippen LogP contribution < -0.4 is 0 Å². The van der Waals surface area contributed by atoms with Crippen LogP contribution in [0.4, 0.5) is 0 Å². The second kappa shape index (κ2) is 4.88. The SMILES string of the molecule is CCCSC1=C(C)C(=O)c2ccccc2C1=O. The van der Waals surface area contributed by atoms with E-state index in [1.165, 1.54) is 11.8 Å². The summed E-state index contributed by atoms with van der Waals surface area (Å²) in [6, 6.07) is 7.04. The highest BCUT2D eigenvalue weighted by atomic mass is 32.2. The van der Waals surface area contributed by atoms with Gasteiger partial charge in [-0.15, -0.1) is 11.8 Å². The second-order valence-corrected chi connectivity index (χ2v) is 5.11. The summed E-state index contributed by atoms with van der Waals surface area (Å²) in [7, 11) is 0. The fourth-order valence-electron chi connectivity index (χ4n) is 1.85. The maximum Gasteiger partial charge on any atom is 0.200 e. The van der Waals surface area contributed by atoms with Crippen LogP contribution in [0.3, 0.4) is 0 Å². The van der Waals surface area contributed by atoms with Crippen molar-refractivity contribution in [2.45, 2.75) is 20.3 Å². The van der Waals surface area contributed by atoms with Crippen LogP contribution in [0.2, 0.25) is 0 Å². The lowest BCUT2D eigenvalue weighted by molar-refractivity contribution is 0.0981. The van der Waals surface area contributed by atoms with Gasteiger partial charge in [0.15, 0.2) is 11.6 Å². The molecule has 1 aromatic rings. The first-order chi connectivity index (χ1) is 8.16. The molecule has 0 aromatic heterocycles. The van der Waals surface area contributed by atoms with Crippen molar-refractivity contribution in [3.8, 4) is 0 Å². The molecular formula is C14H14O2S. The maximum atomic E-state index is 12.2. The molecule has 0 spiro atoms. The fraction of sp³-hybridized carbons (Fsp3) is 0.286. The van der Waals surface area contributed by atoms with E-state index >= 15 is 0 Å². The highest BCUT2D eigenvalue weighted by Crippen LogP contribution is 2.32. The normalized spacial score (nSPS) is 15.2. The summed E-state index contributed by atoms with van der Waals surface area (Å²) in [5.74, 6) is 0.850. The Balaban J connectivity index is 2.47. The largest absolute Gasteiger partial charge is 0.289 e. The zero-order valence-corrected chi connectivity index (χ0v) is 10.8. The van der Waals surface area contributed by atoms with Gasteiger partial charge in [0.05, 0.1) is 4.91 Å². The number of hydrogen-bond donors (Lipinski definition) is 0. The highest BCUT2D eigenvalue weighted by Gasteiger charge is 2.29. The van der Waals surface area contributed by atoms with Crippen LogP contribution in [-0.2, 0) is 0 Å². The van der Waals surface area contributed by atoms with Crippen molar-refractivity contribution in [2.75, 3.05) is 5.75 Å². The number of thioether (sulfide) groups is 1. The van der Waals surface area contributed by atoms with Gasteiger partial charge in [-0.25, -0.2) is 0 Å². The maximum absolute atomic E-state index is 12.2. The lowest BCUT2D eigenvalue weighted by atomic mass is 9.90. The van der Waals surface area contributed by atoms with Crippen LogP contribution in [0.15, 0.2) is 34.7 Å². The molecule has 0 radical (unpaired) electrons. The predicted octanol–water partition coefficient (Wildman–Crippen LogP) is 3.48. The molecule has 1 aliphatic rings. The van der Waals surface area contributed by atoms with Crippen LogP contribution in [0.1, 0.15) is 41.0 Å². The number of Topliss-reactive ketones (excluding diaryl/α,β-unsaturated/α-hetero) is 2. The molecule has 2 rings (SSSR count). The summed E-state index contributed by atoms with van der Waals surface area (Å²) >= 11 is 1.49. The summed E-state index contributed by atoms with van der Waals surface area (Å²) in [6.45, 7) is 3.81. The van der Waals surface area contributed by atoms with Crippen molar-refractivity contribution in [3.05, 3.63) is 45.9 Å². The molecule has 88 valence electrons. The third kappa shape index (κ3) is 2.07. The molecule has 1 aromatic carbocycles. The molecule has 0 atom stereocenters. The van der Waals surface area contributed by atoms with Crippen molar-refractivity contribution in [3.63, 3.8) is 0 Å². The number of carbonyl (C=O) groups is 2. The molecule has 3 heteroatoms. The molecule has 1 aliphatic carbocycles. The number of benzene rings is 1. The number of allylic oxidation sites excluding steroid dienone is 2. The molecule has 0 saturated carbocycles. The van der Waals surface area contributed by atoms with Gasteiger partial charge < -0.3 is 0 Å². The van der Waals surface area contributed by atoms with E-state index in [1.807, 2.05) is 0 Å². The first-order valence-corrected chi connectivity index (χ1v) is 6.67. The molecule has 0 amide bonds. The van der Waals surface area contributed by atoms with Crippen LogP contribution in [0.25, 0.3) is 0 Å². The summed E-state index contributed by atoms with van der Waals surface area (Å²) in [6.07, 6.45) is 0.991. The second-order valence-electron chi connectivity index (χ2n) is 4.01. The van der Waals surface area contributed by atoms with E-state index in [1.54, 1.807) is 31.2 Å². The molecule has 0 saturated heterocycles. The molecule has 0 unspecified atom stereocenters. The first-order valence-electron chi connectivity index (χ1n) is 5.69. The Morgan fingerprint density at radius 3 is 2.24 bits per heavy atom. The smallest absolute Gasteiger partial charge is 0.200 e. The van der Waals surface area contributed by atoms with Gasteiger partial charge in [0.2, 0.25) is 0 Å². The van der Waals surface area contributed by atoms with E-state index in [9.17, 15) is 9.59 Å². The number of hydrogen-bond acceptors (Lipinski definition) is 3. The van der Waals surface area contributed by atoms with Gasteiger partial charge in [0.1, 0.15) is 0 Å². The van der Waals surface area contributed by atoms with Gasteiger partial charge in [-0.2, -0.15) is 0 Å². The van der Waals surface area contributed by atoms with Crippen molar-refractivity contribution in [1.29, 1.82) is 0 Å². The third-order valence-electron chi connectivity index (χ3n) is 2.75. The molecule has 2 nitrogen and oxygen atoms in total. The summed E-state index contributed by atoms with van der Waals surface area (Å²) in [5, 5.41) is 0. The monoisotopic (exact) mass is 246 g/mol. The van der Waals surface area contributed by atoms with Crippen molar-refractivity contribution >= 4 is 23.3 Å². The Kier molecular flexibility index (Phi) is 3.48. The van der Waals surface area contributed by atoms with Gasteiger partial charge in [-0.3, -0.25) is 9.59 Å². The van der Waals surface area contributed by atoms with Crippen molar-refractivity contribution in [1.82, 2.24) is 0 Å².